The Labute approximate surface area is 136 Å². The molecule has 0 amide bonds. The third kappa shape index (κ3) is 3.04. The topological polar surface area (TPSA) is 76.2 Å². The second-order valence-electron chi connectivity index (χ2n) is 4.31. The van der Waals surface area contributed by atoms with Crippen molar-refractivity contribution < 1.29 is 27.5 Å². The molecule has 122 valence electrons. The lowest BCUT2D eigenvalue weighted by Crippen LogP contribution is -2.07. The van der Waals surface area contributed by atoms with Crippen LogP contribution in [-0.2, 0) is 0 Å². The largest absolute Gasteiger partial charge is 0.476 e. The quantitative estimate of drug-likeness (QED) is 0.779. The molecule has 3 N–H and O–H groups in total. The van der Waals surface area contributed by atoms with Crippen LogP contribution in [0, 0.1) is 11.6 Å². The number of hydrogen-bond donors (Lipinski definition) is 2. The number of nitrogens with two attached hydrogens (primary N) is 1. The molecule has 4 nitrogen and oxygen atoms in total. The predicted octanol–water partition coefficient (Wildman–Crippen LogP) is 4.55. The standard InChI is InChI=1S/C13H6Cl2F4N2O2/c14-3-1-4(16)8(10(17)7(3)12(18)19)6-2-5(20)9(15)11(21-6)13(22)23/h1-2,12H,(H2,20,21)(H,22,23). The summed E-state index contributed by atoms with van der Waals surface area (Å²) in [4.78, 5) is 14.5. The molecule has 0 saturated heterocycles. The van der Waals surface area contributed by atoms with Gasteiger partial charge < -0.3 is 10.8 Å². The highest BCUT2D eigenvalue weighted by Crippen LogP contribution is 2.38. The van der Waals surface area contributed by atoms with E-state index in [9.17, 15) is 22.4 Å². The highest BCUT2D eigenvalue weighted by Gasteiger charge is 2.27. The van der Waals surface area contributed by atoms with E-state index in [1.54, 1.807) is 0 Å². The van der Waals surface area contributed by atoms with E-state index < -0.39 is 56.6 Å². The highest BCUT2D eigenvalue weighted by atomic mass is 35.5. The Balaban J connectivity index is 2.82. The highest BCUT2D eigenvalue weighted by molar-refractivity contribution is 6.35. The zero-order chi connectivity index (χ0) is 17.5. The maximum atomic E-state index is 14.2. The fourth-order valence-corrected chi connectivity index (χ4v) is 2.30. The fourth-order valence-electron chi connectivity index (χ4n) is 1.86. The Bertz CT molecular complexity index is 815. The van der Waals surface area contributed by atoms with Crippen LogP contribution in [-0.4, -0.2) is 16.1 Å². The van der Waals surface area contributed by atoms with Gasteiger partial charge >= 0.3 is 5.97 Å². The minimum Gasteiger partial charge on any atom is -0.476 e. The first-order valence-corrected chi connectivity index (χ1v) is 6.56. The van der Waals surface area contributed by atoms with Crippen molar-refractivity contribution in [2.45, 2.75) is 6.43 Å². The van der Waals surface area contributed by atoms with E-state index in [1.807, 2.05) is 0 Å². The first-order chi connectivity index (χ1) is 10.6. The summed E-state index contributed by atoms with van der Waals surface area (Å²) in [6.45, 7) is 0. The molecule has 10 heteroatoms. The van der Waals surface area contributed by atoms with Gasteiger partial charge in [0.05, 0.1) is 32.6 Å². The number of carbonyl (C=O) groups is 1. The van der Waals surface area contributed by atoms with Gasteiger partial charge in [-0.25, -0.2) is 27.3 Å². The molecule has 0 aliphatic carbocycles. The monoisotopic (exact) mass is 368 g/mol. The van der Waals surface area contributed by atoms with Gasteiger partial charge in [-0.3, -0.25) is 0 Å². The number of anilines is 1. The molecule has 0 unspecified atom stereocenters. The number of nitrogens with zero attached hydrogens (tertiary/aromatic N) is 1. The van der Waals surface area contributed by atoms with E-state index in [0.717, 1.165) is 6.07 Å². The second kappa shape index (κ2) is 6.21. The third-order valence-electron chi connectivity index (χ3n) is 2.87. The Morgan fingerprint density at radius 2 is 1.87 bits per heavy atom. The summed E-state index contributed by atoms with van der Waals surface area (Å²) in [6, 6.07) is 1.35. The Morgan fingerprint density at radius 1 is 1.26 bits per heavy atom. The first kappa shape index (κ1) is 17.3. The molecule has 0 atom stereocenters. The van der Waals surface area contributed by atoms with Crippen molar-refractivity contribution in [1.82, 2.24) is 4.98 Å². The summed E-state index contributed by atoms with van der Waals surface area (Å²) < 4.78 is 53.9. The van der Waals surface area contributed by atoms with Gasteiger partial charge in [0.1, 0.15) is 11.6 Å². The molecule has 0 fully saturated rings. The van der Waals surface area contributed by atoms with Crippen molar-refractivity contribution in [3.8, 4) is 11.3 Å². The lowest BCUT2D eigenvalue weighted by molar-refractivity contribution is 0.0690. The summed E-state index contributed by atoms with van der Waals surface area (Å²) in [6.07, 6.45) is -3.31. The number of benzene rings is 1. The molecule has 1 heterocycles. The minimum atomic E-state index is -3.31. The molecular formula is C13H6Cl2F4N2O2. The molecule has 1 aromatic carbocycles. The number of pyridine rings is 1. The summed E-state index contributed by atoms with van der Waals surface area (Å²) in [7, 11) is 0. The van der Waals surface area contributed by atoms with Gasteiger partial charge in [0.15, 0.2) is 5.69 Å². The molecule has 0 spiro atoms. The molecule has 0 bridgehead atoms. The summed E-state index contributed by atoms with van der Waals surface area (Å²) in [5.41, 5.74) is 1.57. The number of hydrogen-bond acceptors (Lipinski definition) is 3. The number of carboxylic acids is 1. The zero-order valence-corrected chi connectivity index (χ0v) is 12.4. The second-order valence-corrected chi connectivity index (χ2v) is 5.09. The Kier molecular flexibility index (Phi) is 4.67. The lowest BCUT2D eigenvalue weighted by atomic mass is 10.0. The van der Waals surface area contributed by atoms with Gasteiger partial charge in [0.2, 0.25) is 0 Å². The zero-order valence-electron chi connectivity index (χ0n) is 10.9. The van der Waals surface area contributed by atoms with E-state index in [1.165, 1.54) is 0 Å². The minimum absolute atomic E-state index is 0.332. The summed E-state index contributed by atoms with van der Waals surface area (Å²) in [5, 5.41) is 7.71. The van der Waals surface area contributed by atoms with Crippen LogP contribution in [0.5, 0.6) is 0 Å². The van der Waals surface area contributed by atoms with E-state index in [-0.39, 0.29) is 5.69 Å². The van der Waals surface area contributed by atoms with Crippen molar-refractivity contribution in [2.75, 3.05) is 5.73 Å². The maximum Gasteiger partial charge on any atom is 0.356 e. The van der Waals surface area contributed by atoms with Crippen LogP contribution in [0.2, 0.25) is 10.0 Å². The van der Waals surface area contributed by atoms with Gasteiger partial charge in [-0.05, 0) is 12.1 Å². The van der Waals surface area contributed by atoms with Crippen molar-refractivity contribution in [3.05, 3.63) is 45.1 Å². The van der Waals surface area contributed by atoms with Crippen LogP contribution < -0.4 is 5.73 Å². The van der Waals surface area contributed by atoms with E-state index in [2.05, 4.69) is 4.98 Å². The van der Waals surface area contributed by atoms with Crippen LogP contribution in [0.4, 0.5) is 23.2 Å². The average molecular weight is 369 g/mol. The van der Waals surface area contributed by atoms with Crippen molar-refractivity contribution in [3.63, 3.8) is 0 Å². The molecule has 0 radical (unpaired) electrons. The first-order valence-electron chi connectivity index (χ1n) is 5.80. The lowest BCUT2D eigenvalue weighted by Gasteiger charge is -2.12. The number of carboxylic acid groups (broad SMARTS) is 1. The third-order valence-corrected chi connectivity index (χ3v) is 3.58. The SMILES string of the molecule is Nc1cc(-c2c(F)cc(Cl)c(C(F)F)c2F)nc(C(=O)O)c1Cl. The number of halogens is 6. The van der Waals surface area contributed by atoms with Crippen LogP contribution in [0.3, 0.4) is 0 Å². The smallest absolute Gasteiger partial charge is 0.356 e. The Morgan fingerprint density at radius 3 is 2.39 bits per heavy atom. The number of rotatable bonds is 3. The van der Waals surface area contributed by atoms with Crippen molar-refractivity contribution in [1.29, 1.82) is 0 Å². The molecule has 0 saturated carbocycles. The average Bonchev–Trinajstić information content (AvgIpc) is 2.40. The fraction of sp³-hybridized carbons (Fsp3) is 0.0769. The predicted molar refractivity (Wildman–Crippen MR) is 75.9 cm³/mol. The number of alkyl halides is 2. The molecule has 2 rings (SSSR count). The van der Waals surface area contributed by atoms with Gasteiger partial charge in [0, 0.05) is 0 Å². The van der Waals surface area contributed by atoms with Gasteiger partial charge in [-0.15, -0.1) is 0 Å². The maximum absolute atomic E-state index is 14.2. The van der Waals surface area contributed by atoms with Gasteiger partial charge in [-0.2, -0.15) is 0 Å². The van der Waals surface area contributed by atoms with E-state index in [0.29, 0.717) is 6.07 Å². The normalized spacial score (nSPS) is 11.1. The molecule has 23 heavy (non-hydrogen) atoms. The molecular weight excluding hydrogens is 363 g/mol. The summed E-state index contributed by atoms with van der Waals surface area (Å²) >= 11 is 11.0. The number of aromatic nitrogens is 1. The van der Waals surface area contributed by atoms with Crippen LogP contribution in [0.25, 0.3) is 11.3 Å². The summed E-state index contributed by atoms with van der Waals surface area (Å²) in [5.74, 6) is -4.56. The number of aromatic carboxylic acids is 1. The molecule has 2 aromatic rings. The van der Waals surface area contributed by atoms with Crippen LogP contribution >= 0.6 is 23.2 Å². The van der Waals surface area contributed by atoms with Gasteiger partial charge in [0.25, 0.3) is 6.43 Å². The molecule has 0 aliphatic rings. The Hall–Kier alpha value is -2.06. The van der Waals surface area contributed by atoms with Crippen molar-refractivity contribution >= 4 is 34.9 Å². The van der Waals surface area contributed by atoms with Gasteiger partial charge in [-0.1, -0.05) is 23.2 Å². The van der Waals surface area contributed by atoms with Crippen LogP contribution in [0.15, 0.2) is 12.1 Å². The number of nitrogen functional groups attached to an aromatic ring is 1. The van der Waals surface area contributed by atoms with Crippen molar-refractivity contribution in [2.24, 2.45) is 0 Å². The molecule has 1 aromatic heterocycles. The van der Waals surface area contributed by atoms with E-state index in [4.69, 9.17) is 34.0 Å². The van der Waals surface area contributed by atoms with E-state index >= 15 is 0 Å². The molecule has 0 aliphatic heterocycles. The van der Waals surface area contributed by atoms with Crippen LogP contribution in [0.1, 0.15) is 22.5 Å².